The van der Waals surface area contributed by atoms with Gasteiger partial charge in [0.05, 0.1) is 5.69 Å². The van der Waals surface area contributed by atoms with Crippen LogP contribution in [0.3, 0.4) is 0 Å². The van der Waals surface area contributed by atoms with Crippen molar-refractivity contribution in [2.75, 3.05) is 0 Å². The van der Waals surface area contributed by atoms with Crippen LogP contribution >= 0.6 is 0 Å². The first-order chi connectivity index (χ1) is 9.08. The van der Waals surface area contributed by atoms with Crippen molar-refractivity contribution in [3.8, 4) is 11.3 Å². The lowest BCUT2D eigenvalue weighted by Crippen LogP contribution is -1.99. The SMILES string of the molecule is Cc1cc(-c2ccc(CC(C)C)cc2)nc(CO)n1. The van der Waals surface area contributed by atoms with Gasteiger partial charge >= 0.3 is 0 Å². The van der Waals surface area contributed by atoms with E-state index in [0.717, 1.165) is 23.4 Å². The summed E-state index contributed by atoms with van der Waals surface area (Å²) in [5.41, 5.74) is 4.15. The summed E-state index contributed by atoms with van der Waals surface area (Å²) in [5, 5.41) is 9.15. The first kappa shape index (κ1) is 13.7. The van der Waals surface area contributed by atoms with Crippen LogP contribution in [0.4, 0.5) is 0 Å². The Hall–Kier alpha value is -1.74. The van der Waals surface area contributed by atoms with Gasteiger partial charge in [0.2, 0.25) is 0 Å². The van der Waals surface area contributed by atoms with Crippen LogP contribution in [0, 0.1) is 12.8 Å². The Morgan fingerprint density at radius 3 is 2.37 bits per heavy atom. The maximum absolute atomic E-state index is 9.15. The Kier molecular flexibility index (Phi) is 4.27. The van der Waals surface area contributed by atoms with E-state index in [4.69, 9.17) is 5.11 Å². The van der Waals surface area contributed by atoms with Crippen molar-refractivity contribution in [3.05, 3.63) is 47.4 Å². The Labute approximate surface area is 114 Å². The van der Waals surface area contributed by atoms with Gasteiger partial charge in [0.1, 0.15) is 6.61 Å². The molecule has 0 spiro atoms. The summed E-state index contributed by atoms with van der Waals surface area (Å²) in [6.07, 6.45) is 1.09. The zero-order valence-electron chi connectivity index (χ0n) is 11.7. The highest BCUT2D eigenvalue weighted by atomic mass is 16.3. The number of nitrogens with zero attached hydrogens (tertiary/aromatic N) is 2. The minimum Gasteiger partial charge on any atom is -0.388 e. The molecule has 3 heteroatoms. The van der Waals surface area contributed by atoms with Crippen molar-refractivity contribution >= 4 is 0 Å². The van der Waals surface area contributed by atoms with E-state index in [9.17, 15) is 0 Å². The first-order valence-corrected chi connectivity index (χ1v) is 6.63. The molecule has 2 rings (SSSR count). The predicted molar refractivity (Wildman–Crippen MR) is 76.7 cm³/mol. The normalized spacial score (nSPS) is 11.0. The fourth-order valence-electron chi connectivity index (χ4n) is 2.13. The lowest BCUT2D eigenvalue weighted by molar-refractivity contribution is 0.271. The number of aliphatic hydroxyl groups is 1. The summed E-state index contributed by atoms with van der Waals surface area (Å²) in [5.74, 6) is 1.13. The summed E-state index contributed by atoms with van der Waals surface area (Å²) in [4.78, 5) is 8.53. The molecule has 0 fully saturated rings. The van der Waals surface area contributed by atoms with E-state index in [2.05, 4.69) is 48.1 Å². The molecule has 0 saturated carbocycles. The first-order valence-electron chi connectivity index (χ1n) is 6.63. The average Bonchev–Trinajstić information content (AvgIpc) is 2.38. The van der Waals surface area contributed by atoms with Crippen LogP contribution in [0.5, 0.6) is 0 Å². The summed E-state index contributed by atoms with van der Waals surface area (Å²) in [6.45, 7) is 6.22. The van der Waals surface area contributed by atoms with Gasteiger partial charge in [-0.2, -0.15) is 0 Å². The zero-order valence-corrected chi connectivity index (χ0v) is 11.7. The number of hydrogen-bond donors (Lipinski definition) is 1. The minimum atomic E-state index is -0.125. The summed E-state index contributed by atoms with van der Waals surface area (Å²) in [6, 6.07) is 10.4. The Morgan fingerprint density at radius 2 is 1.79 bits per heavy atom. The number of aryl methyl sites for hydroxylation is 1. The van der Waals surface area contributed by atoms with Crippen molar-refractivity contribution in [3.63, 3.8) is 0 Å². The maximum Gasteiger partial charge on any atom is 0.154 e. The molecule has 19 heavy (non-hydrogen) atoms. The molecule has 0 saturated heterocycles. The molecule has 0 unspecified atom stereocenters. The third-order valence-corrected chi connectivity index (χ3v) is 2.94. The monoisotopic (exact) mass is 256 g/mol. The van der Waals surface area contributed by atoms with Crippen LogP contribution in [0.2, 0.25) is 0 Å². The van der Waals surface area contributed by atoms with Gasteiger partial charge in [0.15, 0.2) is 5.82 Å². The second kappa shape index (κ2) is 5.93. The van der Waals surface area contributed by atoms with Gasteiger partial charge in [-0.15, -0.1) is 0 Å². The third-order valence-electron chi connectivity index (χ3n) is 2.94. The maximum atomic E-state index is 9.15. The van der Waals surface area contributed by atoms with Crippen LogP contribution in [-0.4, -0.2) is 15.1 Å². The molecule has 0 aliphatic carbocycles. The summed E-state index contributed by atoms with van der Waals surface area (Å²) in [7, 11) is 0. The molecule has 3 nitrogen and oxygen atoms in total. The van der Waals surface area contributed by atoms with Gasteiger partial charge in [0.25, 0.3) is 0 Å². The van der Waals surface area contributed by atoms with E-state index in [-0.39, 0.29) is 6.61 Å². The molecule has 0 atom stereocenters. The van der Waals surface area contributed by atoms with E-state index in [0.29, 0.717) is 11.7 Å². The fourth-order valence-corrected chi connectivity index (χ4v) is 2.13. The Morgan fingerprint density at radius 1 is 1.11 bits per heavy atom. The van der Waals surface area contributed by atoms with Gasteiger partial charge in [-0.25, -0.2) is 9.97 Å². The van der Waals surface area contributed by atoms with Crippen LogP contribution in [-0.2, 0) is 13.0 Å². The molecule has 0 radical (unpaired) electrons. The quantitative estimate of drug-likeness (QED) is 0.914. The van der Waals surface area contributed by atoms with Crippen molar-refractivity contribution < 1.29 is 5.11 Å². The van der Waals surface area contributed by atoms with Crippen molar-refractivity contribution in [1.29, 1.82) is 0 Å². The van der Waals surface area contributed by atoms with Crippen LogP contribution < -0.4 is 0 Å². The van der Waals surface area contributed by atoms with E-state index >= 15 is 0 Å². The molecule has 0 bridgehead atoms. The molecule has 0 aliphatic heterocycles. The molecule has 100 valence electrons. The molecule has 1 aromatic heterocycles. The summed E-state index contributed by atoms with van der Waals surface area (Å²) < 4.78 is 0. The van der Waals surface area contributed by atoms with Crippen molar-refractivity contribution in [2.45, 2.75) is 33.8 Å². The topological polar surface area (TPSA) is 46.0 Å². The molecule has 0 aliphatic rings. The molecule has 1 N–H and O–H groups in total. The number of aliphatic hydroxyl groups excluding tert-OH is 1. The van der Waals surface area contributed by atoms with Gasteiger partial charge in [-0.1, -0.05) is 38.1 Å². The largest absolute Gasteiger partial charge is 0.388 e. The Bertz CT molecular complexity index is 547. The second-order valence-corrected chi connectivity index (χ2v) is 5.26. The summed E-state index contributed by atoms with van der Waals surface area (Å²) >= 11 is 0. The Balaban J connectivity index is 2.29. The average molecular weight is 256 g/mol. The zero-order chi connectivity index (χ0) is 13.8. The molecular formula is C16H20N2O. The third kappa shape index (κ3) is 3.61. The molecular weight excluding hydrogens is 236 g/mol. The second-order valence-electron chi connectivity index (χ2n) is 5.26. The lowest BCUT2D eigenvalue weighted by atomic mass is 10.0. The predicted octanol–water partition coefficient (Wildman–Crippen LogP) is 3.14. The lowest BCUT2D eigenvalue weighted by Gasteiger charge is -2.07. The molecule has 1 heterocycles. The van der Waals surface area contributed by atoms with Crippen LogP contribution in [0.15, 0.2) is 30.3 Å². The number of hydrogen-bond acceptors (Lipinski definition) is 3. The molecule has 0 amide bonds. The van der Waals surface area contributed by atoms with E-state index < -0.39 is 0 Å². The standard InChI is InChI=1S/C16H20N2O/c1-11(2)8-13-4-6-14(7-5-13)15-9-12(3)17-16(10-19)18-15/h4-7,9,11,19H,8,10H2,1-3H3. The van der Waals surface area contributed by atoms with E-state index in [1.807, 2.05) is 13.0 Å². The number of rotatable bonds is 4. The number of aromatic nitrogens is 2. The van der Waals surface area contributed by atoms with Crippen LogP contribution in [0.25, 0.3) is 11.3 Å². The van der Waals surface area contributed by atoms with Crippen molar-refractivity contribution in [1.82, 2.24) is 9.97 Å². The van der Waals surface area contributed by atoms with Gasteiger partial charge in [-0.3, -0.25) is 0 Å². The highest BCUT2D eigenvalue weighted by Gasteiger charge is 2.05. The van der Waals surface area contributed by atoms with Gasteiger partial charge in [0, 0.05) is 11.3 Å². The fraction of sp³-hybridized carbons (Fsp3) is 0.375. The number of benzene rings is 1. The van der Waals surface area contributed by atoms with Crippen molar-refractivity contribution in [2.24, 2.45) is 5.92 Å². The van der Waals surface area contributed by atoms with Crippen LogP contribution in [0.1, 0.15) is 30.9 Å². The van der Waals surface area contributed by atoms with E-state index in [1.165, 1.54) is 5.56 Å². The smallest absolute Gasteiger partial charge is 0.154 e. The van der Waals surface area contributed by atoms with Gasteiger partial charge < -0.3 is 5.11 Å². The minimum absolute atomic E-state index is 0.125. The molecule has 1 aromatic carbocycles. The highest BCUT2D eigenvalue weighted by molar-refractivity contribution is 5.59. The van der Waals surface area contributed by atoms with Gasteiger partial charge in [-0.05, 0) is 30.9 Å². The molecule has 2 aromatic rings. The van der Waals surface area contributed by atoms with E-state index in [1.54, 1.807) is 0 Å². The highest BCUT2D eigenvalue weighted by Crippen LogP contribution is 2.19.